The second kappa shape index (κ2) is 5.76. The number of fused-ring (bicyclic) bond motifs is 2. The molecular weight excluding hydrogens is 368 g/mol. The summed E-state index contributed by atoms with van der Waals surface area (Å²) in [5.41, 5.74) is -0.238. The van der Waals surface area contributed by atoms with Gasteiger partial charge in [-0.1, -0.05) is 42.5 Å². The molecule has 0 bridgehead atoms. The molecule has 6 heteroatoms. The fourth-order valence-corrected chi connectivity index (χ4v) is 5.28. The Morgan fingerprint density at radius 1 is 0.897 bits per heavy atom. The number of imide groups is 1. The summed E-state index contributed by atoms with van der Waals surface area (Å²) >= 11 is 0. The average molecular weight is 390 g/mol. The number of hydrogen-bond acceptors (Lipinski definition) is 4. The molecule has 3 heterocycles. The zero-order valence-electron chi connectivity index (χ0n) is 16.6. The maximum absolute atomic E-state index is 13.4. The van der Waals surface area contributed by atoms with Crippen LogP contribution in [0.15, 0.2) is 54.6 Å². The summed E-state index contributed by atoms with van der Waals surface area (Å²) in [6, 6.07) is 15.1. The number of amides is 3. The Bertz CT molecular complexity index is 1010. The Labute approximate surface area is 169 Å². The number of carbonyl (C=O) groups is 3. The highest BCUT2D eigenvalue weighted by Crippen LogP contribution is 2.55. The molecule has 0 N–H and O–H groups in total. The topological polar surface area (TPSA) is 66.9 Å². The highest BCUT2D eigenvalue weighted by molar-refractivity contribution is 6.23. The number of hydrogen-bond donors (Lipinski definition) is 0. The third-order valence-corrected chi connectivity index (χ3v) is 6.20. The monoisotopic (exact) mass is 390 g/mol. The van der Waals surface area contributed by atoms with E-state index in [1.165, 1.54) is 0 Å². The molecule has 6 nitrogen and oxygen atoms in total. The van der Waals surface area contributed by atoms with Gasteiger partial charge in [0.25, 0.3) is 17.7 Å². The van der Waals surface area contributed by atoms with E-state index < -0.39 is 29.1 Å². The van der Waals surface area contributed by atoms with Crippen molar-refractivity contribution in [3.8, 4) is 0 Å². The first-order valence-corrected chi connectivity index (χ1v) is 9.83. The van der Waals surface area contributed by atoms with Gasteiger partial charge in [-0.15, -0.1) is 0 Å². The van der Waals surface area contributed by atoms with Gasteiger partial charge in [0.15, 0.2) is 6.04 Å². The van der Waals surface area contributed by atoms with E-state index in [0.717, 1.165) is 10.5 Å². The molecule has 3 amide bonds. The van der Waals surface area contributed by atoms with E-state index in [2.05, 4.69) is 0 Å². The van der Waals surface area contributed by atoms with Crippen LogP contribution in [0.3, 0.4) is 0 Å². The molecule has 5 rings (SSSR count). The minimum absolute atomic E-state index is 0.146. The number of carbonyl (C=O) groups excluding carboxylic acids is 3. The summed E-state index contributed by atoms with van der Waals surface area (Å²) in [4.78, 5) is 42.6. The van der Waals surface area contributed by atoms with Gasteiger partial charge in [0.1, 0.15) is 0 Å². The van der Waals surface area contributed by atoms with Crippen LogP contribution in [0.4, 0.5) is 0 Å². The van der Waals surface area contributed by atoms with Crippen molar-refractivity contribution in [3.63, 3.8) is 0 Å². The van der Waals surface area contributed by atoms with Crippen molar-refractivity contribution in [2.45, 2.75) is 50.6 Å². The molecule has 3 aliphatic rings. The molecule has 3 unspecified atom stereocenters. The smallest absolute Gasteiger partial charge is 0.262 e. The lowest BCUT2D eigenvalue weighted by Crippen LogP contribution is -2.84. The maximum Gasteiger partial charge on any atom is 0.262 e. The Kier molecular flexibility index (Phi) is 3.59. The van der Waals surface area contributed by atoms with Gasteiger partial charge >= 0.3 is 0 Å². The third kappa shape index (κ3) is 2.18. The van der Waals surface area contributed by atoms with Crippen LogP contribution in [-0.4, -0.2) is 45.2 Å². The highest BCUT2D eigenvalue weighted by atomic mass is 16.5. The lowest BCUT2D eigenvalue weighted by Gasteiger charge is -2.67. The molecule has 0 aliphatic carbocycles. The first-order valence-electron chi connectivity index (χ1n) is 9.83. The summed E-state index contributed by atoms with van der Waals surface area (Å²) in [5.74, 6) is -1.16. The second-order valence-corrected chi connectivity index (χ2v) is 8.61. The van der Waals surface area contributed by atoms with Crippen molar-refractivity contribution in [1.29, 1.82) is 0 Å². The SMILES string of the molecule is CC1CC(C)(C)N2C(=O)C(N3C(=O)c4ccccc4C3=O)C2(c2ccccc2)O1. The molecular formula is C23H22N2O4. The lowest BCUT2D eigenvalue weighted by molar-refractivity contribution is -0.312. The van der Waals surface area contributed by atoms with Crippen molar-refractivity contribution in [2.24, 2.45) is 0 Å². The fourth-order valence-electron chi connectivity index (χ4n) is 5.28. The van der Waals surface area contributed by atoms with Gasteiger partial charge in [-0.2, -0.15) is 0 Å². The van der Waals surface area contributed by atoms with Gasteiger partial charge < -0.3 is 9.64 Å². The van der Waals surface area contributed by atoms with Crippen molar-refractivity contribution < 1.29 is 19.1 Å². The van der Waals surface area contributed by atoms with Crippen molar-refractivity contribution >= 4 is 17.7 Å². The van der Waals surface area contributed by atoms with Gasteiger partial charge in [-0.3, -0.25) is 19.3 Å². The molecule has 2 aromatic carbocycles. The second-order valence-electron chi connectivity index (χ2n) is 8.61. The fraction of sp³-hybridized carbons (Fsp3) is 0.348. The van der Waals surface area contributed by atoms with Crippen LogP contribution < -0.4 is 0 Å². The molecule has 148 valence electrons. The van der Waals surface area contributed by atoms with Crippen LogP contribution >= 0.6 is 0 Å². The zero-order valence-corrected chi connectivity index (χ0v) is 16.6. The lowest BCUT2D eigenvalue weighted by atomic mass is 9.74. The van der Waals surface area contributed by atoms with E-state index >= 15 is 0 Å². The molecule has 2 fully saturated rings. The molecule has 0 saturated carbocycles. The quantitative estimate of drug-likeness (QED) is 0.584. The average Bonchev–Trinajstić information content (AvgIpc) is 2.92. The van der Waals surface area contributed by atoms with E-state index in [9.17, 15) is 14.4 Å². The van der Waals surface area contributed by atoms with Gasteiger partial charge in [0.05, 0.1) is 17.2 Å². The Balaban J connectivity index is 1.69. The van der Waals surface area contributed by atoms with E-state index in [0.29, 0.717) is 17.5 Å². The Hall–Kier alpha value is -2.99. The summed E-state index contributed by atoms with van der Waals surface area (Å²) < 4.78 is 6.44. The first-order chi connectivity index (χ1) is 13.8. The summed E-state index contributed by atoms with van der Waals surface area (Å²) in [6.07, 6.45) is 0.523. The molecule has 2 aromatic rings. The van der Waals surface area contributed by atoms with Crippen LogP contribution in [0.1, 0.15) is 53.5 Å². The number of β-lactam (4-membered cyclic amide) rings is 1. The van der Waals surface area contributed by atoms with Crippen LogP contribution in [0.2, 0.25) is 0 Å². The molecule has 3 aliphatic heterocycles. The largest absolute Gasteiger partial charge is 0.345 e. The van der Waals surface area contributed by atoms with Crippen molar-refractivity contribution in [2.75, 3.05) is 0 Å². The van der Waals surface area contributed by atoms with E-state index in [1.807, 2.05) is 51.1 Å². The number of nitrogens with zero attached hydrogens (tertiary/aromatic N) is 2. The third-order valence-electron chi connectivity index (χ3n) is 6.20. The molecule has 0 spiro atoms. The minimum Gasteiger partial charge on any atom is -0.345 e. The summed E-state index contributed by atoms with van der Waals surface area (Å²) in [5, 5.41) is 0. The van der Waals surface area contributed by atoms with Gasteiger partial charge in [-0.25, -0.2) is 0 Å². The van der Waals surface area contributed by atoms with Crippen molar-refractivity contribution in [1.82, 2.24) is 9.80 Å². The number of ether oxygens (including phenoxy) is 1. The molecule has 0 radical (unpaired) electrons. The summed E-state index contributed by atoms with van der Waals surface area (Å²) in [7, 11) is 0. The van der Waals surface area contributed by atoms with Crippen molar-refractivity contribution in [3.05, 3.63) is 71.3 Å². The van der Waals surface area contributed by atoms with Crippen LogP contribution in [0.5, 0.6) is 0 Å². The molecule has 0 aromatic heterocycles. The zero-order chi connectivity index (χ0) is 20.6. The molecule has 29 heavy (non-hydrogen) atoms. The summed E-state index contributed by atoms with van der Waals surface area (Å²) in [6.45, 7) is 5.96. The molecule has 3 atom stereocenters. The highest BCUT2D eigenvalue weighted by Gasteiger charge is 2.72. The number of benzene rings is 2. The van der Waals surface area contributed by atoms with Crippen LogP contribution in [0, 0.1) is 0 Å². The Morgan fingerprint density at radius 3 is 2.03 bits per heavy atom. The van der Waals surface area contributed by atoms with E-state index in [-0.39, 0.29) is 12.0 Å². The molecule has 2 saturated heterocycles. The van der Waals surface area contributed by atoms with Gasteiger partial charge in [0, 0.05) is 11.1 Å². The van der Waals surface area contributed by atoms with E-state index in [1.54, 1.807) is 29.2 Å². The van der Waals surface area contributed by atoms with Gasteiger partial charge in [-0.05, 0) is 39.3 Å². The minimum atomic E-state index is -1.19. The predicted octanol–water partition coefficient (Wildman–Crippen LogP) is 2.93. The van der Waals surface area contributed by atoms with Crippen LogP contribution in [0.25, 0.3) is 0 Å². The normalized spacial score (nSPS) is 30.1. The predicted molar refractivity (Wildman–Crippen MR) is 105 cm³/mol. The first kappa shape index (κ1) is 18.1. The Morgan fingerprint density at radius 2 is 1.45 bits per heavy atom. The van der Waals surface area contributed by atoms with E-state index in [4.69, 9.17) is 4.74 Å². The number of rotatable bonds is 2. The van der Waals surface area contributed by atoms with Gasteiger partial charge in [0.2, 0.25) is 5.72 Å². The standard InChI is InChI=1S/C23H22N2O4/c1-14-13-22(2,3)25-21(28)18(23(25,29-14)15-9-5-4-6-10-15)24-19(26)16-11-7-8-12-17(16)20(24)27/h4-12,14,18H,13H2,1-3H3. The van der Waals surface area contributed by atoms with Crippen LogP contribution in [-0.2, 0) is 15.3 Å². The maximum atomic E-state index is 13.4.